The lowest BCUT2D eigenvalue weighted by Gasteiger charge is -2.22. The summed E-state index contributed by atoms with van der Waals surface area (Å²) >= 11 is 0. The first kappa shape index (κ1) is 21.0. The molecule has 4 rings (SSSR count). The number of nitrogens with zero attached hydrogens (tertiary/aromatic N) is 1. The fourth-order valence-electron chi connectivity index (χ4n) is 3.55. The van der Waals surface area contributed by atoms with E-state index in [1.807, 2.05) is 62.4 Å². The molecule has 0 saturated heterocycles. The molecule has 1 heterocycles. The Balaban J connectivity index is 1.77. The van der Waals surface area contributed by atoms with Gasteiger partial charge in [-0.15, -0.1) is 0 Å². The zero-order chi connectivity index (χ0) is 22.0. The van der Waals surface area contributed by atoms with Gasteiger partial charge in [-0.3, -0.25) is 4.79 Å². The second kappa shape index (κ2) is 8.49. The Morgan fingerprint density at radius 2 is 1.48 bits per heavy atom. The summed E-state index contributed by atoms with van der Waals surface area (Å²) in [6.07, 6.45) is 0. The van der Waals surface area contributed by atoms with Crippen LogP contribution >= 0.6 is 0 Å². The van der Waals surface area contributed by atoms with Gasteiger partial charge < -0.3 is 4.98 Å². The van der Waals surface area contributed by atoms with Gasteiger partial charge in [-0.25, -0.2) is 8.42 Å². The Labute approximate surface area is 182 Å². The Bertz CT molecular complexity index is 1380. The fraction of sp³-hybridized carbons (Fsp3) is 0.160. The van der Waals surface area contributed by atoms with Crippen molar-refractivity contribution in [3.8, 4) is 0 Å². The summed E-state index contributed by atoms with van der Waals surface area (Å²) in [6, 6.07) is 23.7. The van der Waals surface area contributed by atoms with Crippen LogP contribution in [0, 0.1) is 13.8 Å². The lowest BCUT2D eigenvalue weighted by Crippen LogP contribution is -2.32. The van der Waals surface area contributed by atoms with Crippen LogP contribution in [0.25, 0.3) is 10.9 Å². The van der Waals surface area contributed by atoms with Crippen LogP contribution in [0.4, 0.5) is 0 Å². The molecule has 0 spiro atoms. The zero-order valence-corrected chi connectivity index (χ0v) is 18.3. The molecule has 6 heteroatoms. The topological polar surface area (TPSA) is 70.2 Å². The van der Waals surface area contributed by atoms with Crippen LogP contribution in [0.1, 0.15) is 22.3 Å². The molecule has 158 valence electrons. The largest absolute Gasteiger partial charge is 0.322 e. The highest BCUT2D eigenvalue weighted by molar-refractivity contribution is 7.89. The third-order valence-corrected chi connectivity index (χ3v) is 7.09. The molecule has 3 aromatic carbocycles. The Kier molecular flexibility index (Phi) is 5.76. The fourth-order valence-corrected chi connectivity index (χ4v) is 4.96. The second-order valence-electron chi connectivity index (χ2n) is 7.79. The molecular formula is C25H24N2O3S. The predicted octanol–water partition coefficient (Wildman–Crippen LogP) is 4.54. The summed E-state index contributed by atoms with van der Waals surface area (Å²) in [5.74, 6) is 0. The molecule has 1 N–H and O–H groups in total. The van der Waals surface area contributed by atoms with Gasteiger partial charge in [-0.2, -0.15) is 4.31 Å². The van der Waals surface area contributed by atoms with Gasteiger partial charge in [0.1, 0.15) is 0 Å². The van der Waals surface area contributed by atoms with Gasteiger partial charge in [-0.05, 0) is 55.1 Å². The second-order valence-corrected chi connectivity index (χ2v) is 9.72. The van der Waals surface area contributed by atoms with Gasteiger partial charge in [0.15, 0.2) is 0 Å². The van der Waals surface area contributed by atoms with E-state index in [9.17, 15) is 13.2 Å². The standard InChI is InChI=1S/C25H24N2O3S/c1-18-8-11-23(12-9-18)31(29,30)27(16-20-6-4-3-5-7-20)17-22-15-21-14-19(2)10-13-24(21)26-25(22)28/h3-15H,16-17H2,1-2H3,(H,26,28). The molecule has 0 aliphatic carbocycles. The summed E-state index contributed by atoms with van der Waals surface area (Å²) in [7, 11) is -3.81. The number of aryl methyl sites for hydroxylation is 2. The molecule has 31 heavy (non-hydrogen) atoms. The maximum atomic E-state index is 13.5. The molecule has 5 nitrogen and oxygen atoms in total. The smallest absolute Gasteiger partial charge is 0.252 e. The number of fused-ring (bicyclic) bond motifs is 1. The van der Waals surface area contributed by atoms with Crippen LogP contribution in [0.15, 0.2) is 88.6 Å². The van der Waals surface area contributed by atoms with Crippen LogP contribution in [0.5, 0.6) is 0 Å². The number of benzene rings is 3. The molecule has 4 aromatic rings. The number of rotatable bonds is 6. The minimum Gasteiger partial charge on any atom is -0.322 e. The Hall–Kier alpha value is -3.22. The molecule has 0 radical (unpaired) electrons. The third kappa shape index (κ3) is 4.60. The molecule has 0 bridgehead atoms. The lowest BCUT2D eigenvalue weighted by molar-refractivity contribution is 0.400. The molecule has 0 saturated carbocycles. The van der Waals surface area contributed by atoms with Crippen molar-refractivity contribution in [2.75, 3.05) is 0 Å². The Morgan fingerprint density at radius 1 is 0.806 bits per heavy atom. The third-order valence-electron chi connectivity index (χ3n) is 5.28. The molecule has 0 amide bonds. The van der Waals surface area contributed by atoms with Gasteiger partial charge >= 0.3 is 0 Å². The van der Waals surface area contributed by atoms with E-state index in [-0.39, 0.29) is 23.5 Å². The molecule has 0 aliphatic rings. The normalized spacial score (nSPS) is 11.8. The lowest BCUT2D eigenvalue weighted by atomic mass is 10.1. The number of pyridine rings is 1. The molecule has 1 aromatic heterocycles. The van der Waals surface area contributed by atoms with E-state index in [2.05, 4.69) is 4.98 Å². The molecule has 0 atom stereocenters. The van der Waals surface area contributed by atoms with Crippen LogP contribution in [0.2, 0.25) is 0 Å². The summed E-state index contributed by atoms with van der Waals surface area (Å²) < 4.78 is 28.4. The number of H-pyrrole nitrogens is 1. The molecule has 0 aliphatic heterocycles. The van der Waals surface area contributed by atoms with Crippen molar-refractivity contribution in [3.05, 3.63) is 111 Å². The molecule has 0 fully saturated rings. The highest BCUT2D eigenvalue weighted by atomic mass is 32.2. The van der Waals surface area contributed by atoms with E-state index in [1.54, 1.807) is 30.3 Å². The highest BCUT2D eigenvalue weighted by Crippen LogP contribution is 2.22. The van der Waals surface area contributed by atoms with Gasteiger partial charge in [-0.1, -0.05) is 59.7 Å². The van der Waals surface area contributed by atoms with E-state index < -0.39 is 10.0 Å². The number of aromatic nitrogens is 1. The van der Waals surface area contributed by atoms with Crippen LogP contribution in [0.3, 0.4) is 0 Å². The average molecular weight is 433 g/mol. The number of nitrogens with one attached hydrogen (secondary N) is 1. The van der Waals surface area contributed by atoms with Crippen molar-refractivity contribution in [2.24, 2.45) is 0 Å². The summed E-state index contributed by atoms with van der Waals surface area (Å²) in [5, 5.41) is 0.877. The first-order valence-corrected chi connectivity index (χ1v) is 11.5. The SMILES string of the molecule is Cc1ccc(S(=O)(=O)N(Cc2ccccc2)Cc2cc3cc(C)ccc3[nH]c2=O)cc1. The van der Waals surface area contributed by atoms with E-state index >= 15 is 0 Å². The van der Waals surface area contributed by atoms with Crippen molar-refractivity contribution in [2.45, 2.75) is 31.8 Å². The van der Waals surface area contributed by atoms with Gasteiger partial charge in [0.25, 0.3) is 5.56 Å². The van der Waals surface area contributed by atoms with Crippen molar-refractivity contribution in [1.82, 2.24) is 9.29 Å². The van der Waals surface area contributed by atoms with E-state index in [0.717, 1.165) is 27.6 Å². The molecular weight excluding hydrogens is 408 g/mol. The van der Waals surface area contributed by atoms with E-state index in [1.165, 1.54) is 4.31 Å². The quantitative estimate of drug-likeness (QED) is 0.486. The van der Waals surface area contributed by atoms with Crippen molar-refractivity contribution in [3.63, 3.8) is 0 Å². The van der Waals surface area contributed by atoms with Crippen LogP contribution in [-0.4, -0.2) is 17.7 Å². The number of hydrogen-bond donors (Lipinski definition) is 1. The van der Waals surface area contributed by atoms with E-state index in [4.69, 9.17) is 0 Å². The minimum atomic E-state index is -3.81. The number of sulfonamides is 1. The van der Waals surface area contributed by atoms with Crippen LogP contribution in [-0.2, 0) is 23.1 Å². The highest BCUT2D eigenvalue weighted by Gasteiger charge is 2.26. The monoisotopic (exact) mass is 432 g/mol. The summed E-state index contributed by atoms with van der Waals surface area (Å²) in [6.45, 7) is 4.04. The number of aromatic amines is 1. The van der Waals surface area contributed by atoms with Crippen molar-refractivity contribution < 1.29 is 8.42 Å². The van der Waals surface area contributed by atoms with E-state index in [0.29, 0.717) is 5.56 Å². The van der Waals surface area contributed by atoms with Gasteiger partial charge in [0, 0.05) is 24.2 Å². The van der Waals surface area contributed by atoms with Crippen molar-refractivity contribution in [1.29, 1.82) is 0 Å². The van der Waals surface area contributed by atoms with Crippen molar-refractivity contribution >= 4 is 20.9 Å². The summed E-state index contributed by atoms with van der Waals surface area (Å²) in [4.78, 5) is 15.8. The average Bonchev–Trinajstić information content (AvgIpc) is 2.75. The zero-order valence-electron chi connectivity index (χ0n) is 17.5. The maximum absolute atomic E-state index is 13.5. The predicted molar refractivity (Wildman–Crippen MR) is 123 cm³/mol. The minimum absolute atomic E-state index is 0.0235. The summed E-state index contributed by atoms with van der Waals surface area (Å²) in [5.41, 5.74) is 3.76. The van der Waals surface area contributed by atoms with Gasteiger partial charge in [0.2, 0.25) is 10.0 Å². The first-order valence-electron chi connectivity index (χ1n) is 10.1. The maximum Gasteiger partial charge on any atom is 0.252 e. The van der Waals surface area contributed by atoms with Crippen LogP contribution < -0.4 is 5.56 Å². The molecule has 0 unspecified atom stereocenters. The number of hydrogen-bond acceptors (Lipinski definition) is 3. The Morgan fingerprint density at radius 3 is 2.19 bits per heavy atom. The van der Waals surface area contributed by atoms with Gasteiger partial charge in [0.05, 0.1) is 4.90 Å². The first-order chi connectivity index (χ1) is 14.8.